The van der Waals surface area contributed by atoms with Gasteiger partial charge in [-0.25, -0.2) is 0 Å². The first kappa shape index (κ1) is 13.8. The molecule has 1 aliphatic heterocycles. The largest absolute Gasteiger partial charge is 0.544 e. The standard InChI is InChI=1S/C12H15NO5S/c1-17-8-3-6(4-9(18-2)10(8)14)11-13-7(5-19-11)12(15)16/h3-4,7,11,13-14H,5H2,1-2H3,(H,15,16)/t7-,11-/m0/s1. The highest BCUT2D eigenvalue weighted by Gasteiger charge is 2.32. The summed E-state index contributed by atoms with van der Waals surface area (Å²) in [5.41, 5.74) is 0.834. The van der Waals surface area contributed by atoms with Gasteiger partial charge in [-0.2, -0.15) is 0 Å². The first-order valence-electron chi connectivity index (χ1n) is 5.69. The van der Waals surface area contributed by atoms with Gasteiger partial charge in [-0.05, 0) is 12.1 Å². The van der Waals surface area contributed by atoms with E-state index in [0.717, 1.165) is 5.56 Å². The van der Waals surface area contributed by atoms with E-state index < -0.39 is 12.0 Å². The first-order valence-corrected chi connectivity index (χ1v) is 6.74. The Morgan fingerprint density at radius 2 is 2.00 bits per heavy atom. The molecule has 0 radical (unpaired) electrons. The lowest BCUT2D eigenvalue weighted by Gasteiger charge is -2.14. The zero-order valence-corrected chi connectivity index (χ0v) is 11.4. The molecule has 0 bridgehead atoms. The van der Waals surface area contributed by atoms with Crippen molar-refractivity contribution in [3.8, 4) is 17.2 Å². The van der Waals surface area contributed by atoms with Crippen molar-refractivity contribution in [2.24, 2.45) is 0 Å². The van der Waals surface area contributed by atoms with E-state index in [1.54, 1.807) is 17.4 Å². The van der Waals surface area contributed by atoms with Gasteiger partial charge in [0.15, 0.2) is 16.9 Å². The van der Waals surface area contributed by atoms with Gasteiger partial charge in [-0.1, -0.05) is 11.8 Å². The Balaban J connectivity index is 2.28. The molecule has 1 saturated heterocycles. The fourth-order valence-electron chi connectivity index (χ4n) is 1.96. The van der Waals surface area contributed by atoms with Gasteiger partial charge in [0.05, 0.1) is 20.0 Å². The van der Waals surface area contributed by atoms with Crippen molar-refractivity contribution < 1.29 is 29.8 Å². The molecular weight excluding hydrogens is 270 g/mol. The van der Waals surface area contributed by atoms with Gasteiger partial charge in [0.2, 0.25) is 5.75 Å². The van der Waals surface area contributed by atoms with Crippen LogP contribution in [-0.2, 0) is 4.79 Å². The van der Waals surface area contributed by atoms with Gasteiger partial charge in [-0.3, -0.25) is 0 Å². The van der Waals surface area contributed by atoms with Crippen LogP contribution in [0.4, 0.5) is 0 Å². The quantitative estimate of drug-likeness (QED) is 0.724. The summed E-state index contributed by atoms with van der Waals surface area (Å²) < 4.78 is 10.2. The Labute approximate surface area is 114 Å². The Hall–Kier alpha value is -1.60. The van der Waals surface area contributed by atoms with Crippen LogP contribution in [0.15, 0.2) is 12.1 Å². The third-order valence-corrected chi connectivity index (χ3v) is 4.34. The fourth-order valence-corrected chi connectivity index (χ4v) is 3.25. The SMILES string of the molecule is COc1cc([C@H]2[NH2+][C@H](C(=O)[O-])CS2)cc(OC)c1O. The third-order valence-electron chi connectivity index (χ3n) is 3.00. The number of phenolic OH excluding ortho intramolecular Hbond substituents is 1. The minimum absolute atomic E-state index is 0.0619. The zero-order valence-electron chi connectivity index (χ0n) is 10.6. The van der Waals surface area contributed by atoms with E-state index in [1.165, 1.54) is 26.0 Å². The number of methoxy groups -OCH3 is 2. The highest BCUT2D eigenvalue weighted by molar-refractivity contribution is 7.99. The second-order valence-corrected chi connectivity index (χ2v) is 5.32. The van der Waals surface area contributed by atoms with Crippen molar-refractivity contribution in [2.75, 3.05) is 20.0 Å². The minimum Gasteiger partial charge on any atom is -0.544 e. The molecule has 7 heteroatoms. The summed E-state index contributed by atoms with van der Waals surface area (Å²) in [7, 11) is 2.90. The highest BCUT2D eigenvalue weighted by Crippen LogP contribution is 2.40. The maximum absolute atomic E-state index is 10.8. The van der Waals surface area contributed by atoms with Gasteiger partial charge < -0.3 is 29.8 Å². The molecule has 0 spiro atoms. The number of aliphatic carboxylic acids is 1. The lowest BCUT2D eigenvalue weighted by Crippen LogP contribution is -2.90. The number of hydrogen-bond donors (Lipinski definition) is 2. The normalized spacial score (nSPS) is 22.2. The van der Waals surface area contributed by atoms with Gasteiger partial charge in [0.1, 0.15) is 12.0 Å². The molecule has 1 aliphatic rings. The molecule has 0 aromatic heterocycles. The zero-order chi connectivity index (χ0) is 14.0. The van der Waals surface area contributed by atoms with Crippen LogP contribution in [0, 0.1) is 0 Å². The van der Waals surface area contributed by atoms with Crippen molar-refractivity contribution in [3.63, 3.8) is 0 Å². The number of carboxylic acid groups (broad SMARTS) is 1. The van der Waals surface area contributed by atoms with Gasteiger partial charge in [-0.15, -0.1) is 0 Å². The number of carboxylic acids is 1. The van der Waals surface area contributed by atoms with Crippen molar-refractivity contribution in [3.05, 3.63) is 17.7 Å². The van der Waals surface area contributed by atoms with Gasteiger partial charge in [0.25, 0.3) is 0 Å². The molecule has 2 atom stereocenters. The number of aromatic hydroxyl groups is 1. The predicted octanol–water partition coefficient (Wildman–Crippen LogP) is -1.16. The topological polar surface area (TPSA) is 95.4 Å². The average Bonchev–Trinajstić information content (AvgIpc) is 2.89. The first-order chi connectivity index (χ1) is 9.06. The number of carbonyl (C=O) groups excluding carboxylic acids is 1. The van der Waals surface area contributed by atoms with E-state index >= 15 is 0 Å². The smallest absolute Gasteiger partial charge is 0.200 e. The molecule has 0 aliphatic carbocycles. The third kappa shape index (κ3) is 2.71. The molecule has 2 rings (SSSR count). The van der Waals surface area contributed by atoms with E-state index in [0.29, 0.717) is 17.3 Å². The predicted molar refractivity (Wildman–Crippen MR) is 67.1 cm³/mol. The molecular formula is C12H15NO5S. The number of quaternary nitrogens is 1. The Kier molecular flexibility index (Phi) is 4.06. The average molecular weight is 285 g/mol. The summed E-state index contributed by atoms with van der Waals surface area (Å²) in [4.78, 5) is 10.8. The van der Waals surface area contributed by atoms with Crippen molar-refractivity contribution in [2.45, 2.75) is 11.4 Å². The Morgan fingerprint density at radius 1 is 1.42 bits per heavy atom. The van der Waals surface area contributed by atoms with E-state index in [9.17, 15) is 15.0 Å². The van der Waals surface area contributed by atoms with E-state index in [-0.39, 0.29) is 11.1 Å². The number of carbonyl (C=O) groups is 1. The number of thioether (sulfide) groups is 1. The molecule has 1 aromatic rings. The highest BCUT2D eigenvalue weighted by atomic mass is 32.2. The molecule has 0 amide bonds. The van der Waals surface area contributed by atoms with Crippen LogP contribution < -0.4 is 19.9 Å². The maximum atomic E-state index is 10.8. The van der Waals surface area contributed by atoms with E-state index in [4.69, 9.17) is 9.47 Å². The van der Waals surface area contributed by atoms with Crippen LogP contribution in [0.5, 0.6) is 17.2 Å². The molecule has 19 heavy (non-hydrogen) atoms. The van der Waals surface area contributed by atoms with Crippen molar-refractivity contribution >= 4 is 17.7 Å². The number of benzene rings is 1. The summed E-state index contributed by atoms with van der Waals surface area (Å²) in [5.74, 6) is -0.0280. The van der Waals surface area contributed by atoms with Gasteiger partial charge >= 0.3 is 0 Å². The monoisotopic (exact) mass is 285 g/mol. The summed E-state index contributed by atoms with van der Waals surface area (Å²) >= 11 is 1.51. The number of ether oxygens (including phenoxy) is 2. The molecule has 1 fully saturated rings. The second-order valence-electron chi connectivity index (χ2n) is 4.15. The van der Waals surface area contributed by atoms with Crippen LogP contribution in [0.25, 0.3) is 0 Å². The molecule has 104 valence electrons. The Bertz CT molecular complexity index is 468. The van der Waals surface area contributed by atoms with E-state index in [1.807, 2.05) is 0 Å². The van der Waals surface area contributed by atoms with Crippen molar-refractivity contribution in [1.29, 1.82) is 0 Å². The van der Waals surface area contributed by atoms with Crippen LogP contribution >= 0.6 is 11.8 Å². The lowest BCUT2D eigenvalue weighted by atomic mass is 10.1. The summed E-state index contributed by atoms with van der Waals surface area (Å²) in [6.07, 6.45) is 0. The van der Waals surface area contributed by atoms with Crippen molar-refractivity contribution in [1.82, 2.24) is 0 Å². The minimum atomic E-state index is -1.06. The lowest BCUT2D eigenvalue weighted by molar-refractivity contribution is -0.690. The molecule has 1 aromatic carbocycles. The second kappa shape index (κ2) is 5.58. The molecule has 0 saturated carbocycles. The van der Waals surface area contributed by atoms with Crippen LogP contribution in [-0.4, -0.2) is 37.1 Å². The van der Waals surface area contributed by atoms with Crippen LogP contribution in [0.2, 0.25) is 0 Å². The summed E-state index contributed by atoms with van der Waals surface area (Å²) in [5, 5.41) is 22.3. The number of rotatable bonds is 4. The molecule has 0 unspecified atom stereocenters. The number of hydrogen-bond acceptors (Lipinski definition) is 6. The molecule has 3 N–H and O–H groups in total. The van der Waals surface area contributed by atoms with Crippen LogP contribution in [0.1, 0.15) is 10.9 Å². The fraction of sp³-hybridized carbons (Fsp3) is 0.417. The Morgan fingerprint density at radius 3 is 2.42 bits per heavy atom. The summed E-state index contributed by atoms with van der Waals surface area (Å²) in [6.45, 7) is 0. The number of nitrogens with two attached hydrogens (primary N) is 1. The van der Waals surface area contributed by atoms with Crippen LogP contribution in [0.3, 0.4) is 0 Å². The summed E-state index contributed by atoms with van der Waals surface area (Å²) in [6, 6.07) is 2.81. The maximum Gasteiger partial charge on any atom is 0.200 e. The van der Waals surface area contributed by atoms with Gasteiger partial charge in [0, 0.05) is 5.56 Å². The molecule has 6 nitrogen and oxygen atoms in total. The molecule has 1 heterocycles. The number of phenols is 1. The van der Waals surface area contributed by atoms with E-state index in [2.05, 4.69) is 0 Å².